The fraction of sp³-hybridized carbons (Fsp3) is 0.538. The topological polar surface area (TPSA) is 58.5 Å². The lowest BCUT2D eigenvalue weighted by atomic mass is 10.1. The molecule has 0 radical (unpaired) electrons. The van der Waals surface area contributed by atoms with Gasteiger partial charge >= 0.3 is 6.01 Å². The quantitative estimate of drug-likeness (QED) is 0.817. The van der Waals surface area contributed by atoms with E-state index in [0.717, 1.165) is 13.1 Å². The molecule has 0 aliphatic carbocycles. The Hall–Kier alpha value is -1.82. The Morgan fingerprint density at radius 3 is 2.79 bits per heavy atom. The summed E-state index contributed by atoms with van der Waals surface area (Å²) >= 11 is 0. The molecule has 0 N–H and O–H groups in total. The van der Waals surface area contributed by atoms with Crippen LogP contribution in [0.2, 0.25) is 0 Å². The maximum Gasteiger partial charge on any atom is 0.318 e. The largest absolute Gasteiger partial charge is 0.459 e. The summed E-state index contributed by atoms with van der Waals surface area (Å²) in [6.07, 6.45) is 3.97. The fourth-order valence-corrected chi connectivity index (χ4v) is 2.97. The summed E-state index contributed by atoms with van der Waals surface area (Å²) in [5.74, 6) is 1.08. The number of nitrogens with zero attached hydrogens (tertiary/aromatic N) is 4. The van der Waals surface area contributed by atoms with E-state index in [2.05, 4.69) is 20.0 Å². The van der Waals surface area contributed by atoms with E-state index in [0.29, 0.717) is 23.7 Å². The van der Waals surface area contributed by atoms with Crippen molar-refractivity contribution in [2.45, 2.75) is 18.9 Å². The lowest BCUT2D eigenvalue weighted by Gasteiger charge is -2.29. The van der Waals surface area contributed by atoms with E-state index in [1.807, 2.05) is 12.1 Å². The third kappa shape index (κ3) is 1.92. The van der Waals surface area contributed by atoms with E-state index in [1.165, 1.54) is 25.9 Å². The predicted molar refractivity (Wildman–Crippen MR) is 68.8 cm³/mol. The first-order chi connectivity index (χ1) is 9.40. The van der Waals surface area contributed by atoms with Gasteiger partial charge in [-0.3, -0.25) is 0 Å². The van der Waals surface area contributed by atoms with Gasteiger partial charge in [0.2, 0.25) is 0 Å². The first-order valence-corrected chi connectivity index (χ1v) is 6.76. The average molecular weight is 260 g/mol. The molecule has 6 heteroatoms. The first kappa shape index (κ1) is 11.0. The van der Waals surface area contributed by atoms with E-state index in [1.54, 1.807) is 6.26 Å². The lowest BCUT2D eigenvalue weighted by Crippen LogP contribution is -2.38. The molecule has 19 heavy (non-hydrogen) atoms. The van der Waals surface area contributed by atoms with Crippen LogP contribution in [0.3, 0.4) is 0 Å². The van der Waals surface area contributed by atoms with E-state index in [4.69, 9.17) is 8.83 Å². The standard InChI is InChI=1S/C13H16N4O2/c1-2-11(18-9-1)12-14-15-13(19-12)17-8-7-16-5-3-10(17)4-6-16/h1-2,9-10H,3-8H2. The Balaban J connectivity index is 1.62. The van der Waals surface area contributed by atoms with Crippen molar-refractivity contribution >= 4 is 6.01 Å². The number of aromatic nitrogens is 2. The van der Waals surface area contributed by atoms with E-state index in [-0.39, 0.29) is 0 Å². The Morgan fingerprint density at radius 1 is 1.11 bits per heavy atom. The van der Waals surface area contributed by atoms with Crippen molar-refractivity contribution in [1.82, 2.24) is 15.1 Å². The Kier molecular flexibility index (Phi) is 2.55. The molecule has 3 aliphatic rings. The molecule has 0 spiro atoms. The number of hydrogen-bond donors (Lipinski definition) is 0. The zero-order valence-electron chi connectivity index (χ0n) is 10.7. The average Bonchev–Trinajstić information content (AvgIpc) is 3.05. The van der Waals surface area contributed by atoms with Gasteiger partial charge in [0.25, 0.3) is 5.89 Å². The monoisotopic (exact) mass is 260 g/mol. The maximum atomic E-state index is 5.77. The normalized spacial score (nSPS) is 26.6. The number of anilines is 1. The highest BCUT2D eigenvalue weighted by Crippen LogP contribution is 2.28. The second-order valence-electron chi connectivity index (χ2n) is 5.13. The van der Waals surface area contributed by atoms with Gasteiger partial charge in [-0.2, -0.15) is 0 Å². The van der Waals surface area contributed by atoms with Gasteiger partial charge in [0.15, 0.2) is 5.76 Å². The molecule has 3 aliphatic heterocycles. The van der Waals surface area contributed by atoms with Gasteiger partial charge in [-0.25, -0.2) is 0 Å². The van der Waals surface area contributed by atoms with Crippen molar-refractivity contribution in [3.8, 4) is 11.7 Å². The van der Waals surface area contributed by atoms with Crippen molar-refractivity contribution in [1.29, 1.82) is 0 Å². The molecule has 0 unspecified atom stereocenters. The van der Waals surface area contributed by atoms with Crippen molar-refractivity contribution in [2.75, 3.05) is 31.1 Å². The van der Waals surface area contributed by atoms with Gasteiger partial charge in [-0.05, 0) is 25.0 Å². The van der Waals surface area contributed by atoms with Crippen LogP contribution in [0.25, 0.3) is 11.7 Å². The first-order valence-electron chi connectivity index (χ1n) is 6.76. The molecule has 0 saturated carbocycles. The molecule has 2 aromatic rings. The summed E-state index contributed by atoms with van der Waals surface area (Å²) in [6.45, 7) is 4.40. The second kappa shape index (κ2) is 4.38. The van der Waals surface area contributed by atoms with Crippen molar-refractivity contribution in [2.24, 2.45) is 0 Å². The molecule has 6 nitrogen and oxygen atoms in total. The molecule has 5 heterocycles. The van der Waals surface area contributed by atoms with Gasteiger partial charge in [0.05, 0.1) is 6.26 Å². The minimum Gasteiger partial charge on any atom is -0.459 e. The third-order valence-electron chi connectivity index (χ3n) is 4.05. The number of hydrogen-bond acceptors (Lipinski definition) is 6. The Labute approximate surface area is 111 Å². The molecule has 0 atom stereocenters. The summed E-state index contributed by atoms with van der Waals surface area (Å²) in [6, 6.07) is 4.81. The van der Waals surface area contributed by atoms with Crippen LogP contribution < -0.4 is 4.90 Å². The van der Waals surface area contributed by atoms with Gasteiger partial charge in [-0.15, -0.1) is 5.10 Å². The highest BCUT2D eigenvalue weighted by Gasteiger charge is 2.32. The predicted octanol–water partition coefficient (Wildman–Crippen LogP) is 1.61. The smallest absolute Gasteiger partial charge is 0.318 e. The van der Waals surface area contributed by atoms with Gasteiger partial charge in [0.1, 0.15) is 0 Å². The molecule has 0 aromatic carbocycles. The number of piperidine rings is 1. The van der Waals surface area contributed by atoms with Crippen LogP contribution in [0.4, 0.5) is 6.01 Å². The molecular formula is C13H16N4O2. The minimum absolute atomic E-state index is 0.458. The summed E-state index contributed by atoms with van der Waals surface area (Å²) in [7, 11) is 0. The summed E-state index contributed by atoms with van der Waals surface area (Å²) < 4.78 is 11.0. The SMILES string of the molecule is c1coc(-c2nnc(N3CCN4CCC3CC4)o2)c1. The van der Waals surface area contributed by atoms with Crippen LogP contribution in [-0.4, -0.2) is 47.3 Å². The van der Waals surface area contributed by atoms with Gasteiger partial charge in [-0.1, -0.05) is 5.10 Å². The molecule has 3 fully saturated rings. The summed E-state index contributed by atoms with van der Waals surface area (Å²) in [5, 5.41) is 8.27. The fourth-order valence-electron chi connectivity index (χ4n) is 2.97. The molecule has 2 bridgehead atoms. The molecular weight excluding hydrogens is 244 g/mol. The van der Waals surface area contributed by atoms with Gasteiger partial charge < -0.3 is 18.6 Å². The molecule has 100 valence electrons. The van der Waals surface area contributed by atoms with Crippen LogP contribution in [0.5, 0.6) is 0 Å². The third-order valence-corrected chi connectivity index (χ3v) is 4.05. The zero-order chi connectivity index (χ0) is 12.7. The second-order valence-corrected chi connectivity index (χ2v) is 5.13. The Bertz CT molecular complexity index is 543. The van der Waals surface area contributed by atoms with Crippen LogP contribution in [0, 0.1) is 0 Å². The van der Waals surface area contributed by atoms with Crippen molar-refractivity contribution < 1.29 is 8.83 Å². The Morgan fingerprint density at radius 2 is 2.00 bits per heavy atom. The molecule has 2 aromatic heterocycles. The van der Waals surface area contributed by atoms with E-state index in [9.17, 15) is 0 Å². The molecule has 3 saturated heterocycles. The number of furan rings is 1. The zero-order valence-corrected chi connectivity index (χ0v) is 10.7. The van der Waals surface area contributed by atoms with Crippen LogP contribution >= 0.6 is 0 Å². The lowest BCUT2D eigenvalue weighted by molar-refractivity contribution is 0.249. The minimum atomic E-state index is 0.458. The number of rotatable bonds is 2. The van der Waals surface area contributed by atoms with Crippen molar-refractivity contribution in [3.05, 3.63) is 18.4 Å². The van der Waals surface area contributed by atoms with Gasteiger partial charge in [0, 0.05) is 32.2 Å². The molecule has 0 amide bonds. The highest BCUT2D eigenvalue weighted by atomic mass is 16.4. The molecule has 5 rings (SSSR count). The van der Waals surface area contributed by atoms with Crippen LogP contribution in [-0.2, 0) is 0 Å². The van der Waals surface area contributed by atoms with Crippen LogP contribution in [0.1, 0.15) is 12.8 Å². The summed E-state index contributed by atoms with van der Waals surface area (Å²) in [4.78, 5) is 4.76. The summed E-state index contributed by atoms with van der Waals surface area (Å²) in [5.41, 5.74) is 0. The van der Waals surface area contributed by atoms with Crippen LogP contribution in [0.15, 0.2) is 27.2 Å². The number of fused-ring (bicyclic) bond motifs is 4. The maximum absolute atomic E-state index is 5.77. The van der Waals surface area contributed by atoms with E-state index < -0.39 is 0 Å². The van der Waals surface area contributed by atoms with Crippen molar-refractivity contribution in [3.63, 3.8) is 0 Å². The highest BCUT2D eigenvalue weighted by molar-refractivity contribution is 5.45. The van der Waals surface area contributed by atoms with E-state index >= 15 is 0 Å².